The van der Waals surface area contributed by atoms with E-state index in [1.54, 1.807) is 13.8 Å². The molecule has 0 aliphatic rings. The Hall–Kier alpha value is -0.830. The Morgan fingerprint density at radius 2 is 2.00 bits per heavy atom. The molecule has 0 unspecified atom stereocenters. The van der Waals surface area contributed by atoms with E-state index in [9.17, 15) is 4.79 Å². The third kappa shape index (κ3) is 2.56. The molecule has 0 aliphatic heterocycles. The molecule has 0 spiro atoms. The molecule has 0 atom stereocenters. The Kier molecular flexibility index (Phi) is 3.67. The largest absolute Gasteiger partial charge is 0.477 e. The molecule has 0 aromatic heterocycles. The van der Waals surface area contributed by atoms with Crippen LogP contribution in [0, 0.1) is 0 Å². The summed E-state index contributed by atoms with van der Waals surface area (Å²) in [4.78, 5) is 11.0. The zero-order chi connectivity index (χ0) is 10.7. The predicted molar refractivity (Wildman–Crippen MR) is 53.5 cm³/mol. The van der Waals surface area contributed by atoms with Gasteiger partial charge in [-0.1, -0.05) is 6.08 Å². The van der Waals surface area contributed by atoms with Crippen LogP contribution in [0.5, 0.6) is 0 Å². The van der Waals surface area contributed by atoms with Crippen molar-refractivity contribution in [3.8, 4) is 0 Å². The van der Waals surface area contributed by atoms with Gasteiger partial charge in [-0.2, -0.15) is 0 Å². The first-order chi connectivity index (χ1) is 5.75. The fourth-order valence-electron chi connectivity index (χ4n) is 0.952. The summed E-state index contributed by atoms with van der Waals surface area (Å²) in [5.41, 5.74) is -0.747. The van der Waals surface area contributed by atoms with Crippen LogP contribution in [0.2, 0.25) is 0 Å². The molecule has 0 aliphatic carbocycles. The van der Waals surface area contributed by atoms with Crippen molar-refractivity contribution in [1.29, 1.82) is 0 Å². The molecule has 1 N–H and O–H groups in total. The van der Waals surface area contributed by atoms with Gasteiger partial charge in [0.05, 0.1) is 20.6 Å². The molecule has 76 valence electrons. The van der Waals surface area contributed by atoms with E-state index in [4.69, 9.17) is 5.11 Å². The van der Waals surface area contributed by atoms with E-state index >= 15 is 0 Å². The number of hydrogen-bond donors (Lipinski definition) is 1. The van der Waals surface area contributed by atoms with Crippen LogP contribution in [0.3, 0.4) is 0 Å². The molecule has 0 bridgehead atoms. The van der Waals surface area contributed by atoms with Gasteiger partial charge in [-0.25, -0.2) is 4.79 Å². The maximum absolute atomic E-state index is 11.0. The van der Waals surface area contributed by atoms with Gasteiger partial charge in [0.1, 0.15) is 0 Å². The summed E-state index contributed by atoms with van der Waals surface area (Å²) < 4.78 is 0.467. The lowest BCUT2D eigenvalue weighted by Gasteiger charge is -2.41. The molecule has 0 aromatic rings. The van der Waals surface area contributed by atoms with Crippen molar-refractivity contribution in [3.63, 3.8) is 0 Å². The van der Waals surface area contributed by atoms with Gasteiger partial charge in [-0.3, -0.25) is 0 Å². The smallest absolute Gasteiger partial charge is 0.365 e. The summed E-state index contributed by atoms with van der Waals surface area (Å²) in [6, 6.07) is 0. The number of carboxylic acids is 1. The quantitative estimate of drug-likeness (QED) is 0.522. The molecular weight excluding hydrogens is 166 g/mol. The van der Waals surface area contributed by atoms with Crippen molar-refractivity contribution in [2.75, 3.05) is 20.6 Å². The van der Waals surface area contributed by atoms with Crippen LogP contribution in [0.1, 0.15) is 20.3 Å². The first kappa shape index (κ1) is 12.2. The number of carbonyl (C=O) groups is 1. The van der Waals surface area contributed by atoms with Crippen LogP contribution < -0.4 is 0 Å². The summed E-state index contributed by atoms with van der Waals surface area (Å²) in [6.45, 7) is 7.92. The van der Waals surface area contributed by atoms with E-state index in [-0.39, 0.29) is 0 Å². The Balaban J connectivity index is 4.59. The van der Waals surface area contributed by atoms with Crippen molar-refractivity contribution in [1.82, 2.24) is 0 Å². The zero-order valence-corrected chi connectivity index (χ0v) is 9.00. The lowest BCUT2D eigenvalue weighted by molar-refractivity contribution is -0.927. The maximum atomic E-state index is 11.0. The molecule has 3 heteroatoms. The van der Waals surface area contributed by atoms with Crippen LogP contribution in [-0.2, 0) is 4.79 Å². The summed E-state index contributed by atoms with van der Waals surface area (Å²) in [7, 11) is 3.86. The zero-order valence-electron chi connectivity index (χ0n) is 9.00. The summed E-state index contributed by atoms with van der Waals surface area (Å²) >= 11 is 0. The predicted octanol–water partition coefficient (Wildman–Crippen LogP) is 1.50. The lowest BCUT2D eigenvalue weighted by Crippen LogP contribution is -2.60. The van der Waals surface area contributed by atoms with Crippen molar-refractivity contribution in [3.05, 3.63) is 12.7 Å². The van der Waals surface area contributed by atoms with Crippen molar-refractivity contribution < 1.29 is 14.4 Å². The van der Waals surface area contributed by atoms with Crippen LogP contribution in [-0.4, -0.2) is 41.7 Å². The van der Waals surface area contributed by atoms with Gasteiger partial charge in [-0.05, 0) is 0 Å². The minimum atomic E-state index is -0.762. The van der Waals surface area contributed by atoms with Gasteiger partial charge in [-0.15, -0.1) is 6.58 Å². The van der Waals surface area contributed by atoms with Gasteiger partial charge in [0.25, 0.3) is 0 Å². The minimum absolute atomic E-state index is 0.467. The Bertz CT molecular complexity index is 207. The maximum Gasteiger partial charge on any atom is 0.365 e. The standard InChI is InChI=1S/C10H19NO2/c1-6-7-8-11(4,5)10(2,3)9(12)13/h6H,1,7-8H2,2-5H3/p+1. The number of quaternary nitrogens is 1. The number of rotatable bonds is 5. The normalized spacial score (nSPS) is 12.6. The van der Waals surface area contributed by atoms with E-state index in [1.807, 2.05) is 20.2 Å². The fourth-order valence-corrected chi connectivity index (χ4v) is 0.952. The molecule has 0 rings (SSSR count). The first-order valence-corrected chi connectivity index (χ1v) is 4.43. The molecule has 0 saturated carbocycles. The molecule has 3 nitrogen and oxygen atoms in total. The highest BCUT2D eigenvalue weighted by molar-refractivity contribution is 5.76. The van der Waals surface area contributed by atoms with Gasteiger partial charge in [0.2, 0.25) is 0 Å². The summed E-state index contributed by atoms with van der Waals surface area (Å²) in [6.07, 6.45) is 2.65. The Morgan fingerprint density at radius 3 is 2.31 bits per heavy atom. The minimum Gasteiger partial charge on any atom is -0.477 e. The molecule has 0 fully saturated rings. The van der Waals surface area contributed by atoms with Gasteiger partial charge in [0.15, 0.2) is 5.54 Å². The first-order valence-electron chi connectivity index (χ1n) is 4.43. The van der Waals surface area contributed by atoms with Crippen LogP contribution >= 0.6 is 0 Å². The lowest BCUT2D eigenvalue weighted by atomic mass is 10.0. The van der Waals surface area contributed by atoms with E-state index in [1.165, 1.54) is 0 Å². The number of aliphatic carboxylic acids is 1. The van der Waals surface area contributed by atoms with E-state index in [2.05, 4.69) is 6.58 Å². The third-order valence-electron chi connectivity index (χ3n) is 2.93. The van der Waals surface area contributed by atoms with Crippen LogP contribution in [0.25, 0.3) is 0 Å². The number of likely N-dealkylation sites (N-methyl/N-ethyl adjacent to an activating group) is 1. The number of hydrogen-bond acceptors (Lipinski definition) is 1. The topological polar surface area (TPSA) is 37.3 Å². The molecule has 0 amide bonds. The molecule has 0 radical (unpaired) electrons. The SMILES string of the molecule is C=CCC[N+](C)(C)C(C)(C)C(=O)O. The summed E-state index contributed by atoms with van der Waals surface area (Å²) in [5.74, 6) is -0.762. The average molecular weight is 186 g/mol. The van der Waals surface area contributed by atoms with Crippen LogP contribution in [0.4, 0.5) is 0 Å². The average Bonchev–Trinajstić information content (AvgIpc) is 2.00. The van der Waals surface area contributed by atoms with Gasteiger partial charge in [0, 0.05) is 20.3 Å². The Labute approximate surface area is 80.3 Å². The van der Waals surface area contributed by atoms with E-state index in [0.717, 1.165) is 13.0 Å². The second-order valence-electron chi connectivity index (χ2n) is 4.35. The highest BCUT2D eigenvalue weighted by atomic mass is 16.4. The van der Waals surface area contributed by atoms with E-state index in [0.29, 0.717) is 4.48 Å². The molecule has 13 heavy (non-hydrogen) atoms. The highest BCUT2D eigenvalue weighted by Gasteiger charge is 2.43. The van der Waals surface area contributed by atoms with Crippen molar-refractivity contribution >= 4 is 5.97 Å². The Morgan fingerprint density at radius 1 is 1.54 bits per heavy atom. The van der Waals surface area contributed by atoms with Gasteiger partial charge >= 0.3 is 5.97 Å². The van der Waals surface area contributed by atoms with Crippen molar-refractivity contribution in [2.45, 2.75) is 25.8 Å². The van der Waals surface area contributed by atoms with Crippen LogP contribution in [0.15, 0.2) is 12.7 Å². The second-order valence-corrected chi connectivity index (χ2v) is 4.35. The number of carboxylic acid groups (broad SMARTS) is 1. The fraction of sp³-hybridized carbons (Fsp3) is 0.700. The molecule has 0 saturated heterocycles. The molecule has 0 heterocycles. The van der Waals surface area contributed by atoms with Crippen molar-refractivity contribution in [2.24, 2.45) is 0 Å². The third-order valence-corrected chi connectivity index (χ3v) is 2.93. The number of nitrogens with zero attached hydrogens (tertiary/aromatic N) is 1. The van der Waals surface area contributed by atoms with E-state index < -0.39 is 11.5 Å². The second kappa shape index (κ2) is 3.92. The monoisotopic (exact) mass is 186 g/mol. The molecular formula is C10H20NO2+. The summed E-state index contributed by atoms with van der Waals surface area (Å²) in [5, 5.41) is 9.03. The van der Waals surface area contributed by atoms with Gasteiger partial charge < -0.3 is 9.59 Å². The molecule has 0 aromatic carbocycles. The highest BCUT2D eigenvalue weighted by Crippen LogP contribution is 2.20.